The topological polar surface area (TPSA) is 61.5 Å². The summed E-state index contributed by atoms with van der Waals surface area (Å²) in [5.41, 5.74) is 7.51. The van der Waals surface area contributed by atoms with Crippen molar-refractivity contribution in [1.29, 1.82) is 0 Å². The molecule has 0 aliphatic carbocycles. The van der Waals surface area contributed by atoms with Gasteiger partial charge in [-0.1, -0.05) is 30.3 Å². The van der Waals surface area contributed by atoms with Gasteiger partial charge in [-0.15, -0.1) is 0 Å². The Balaban J connectivity index is 2.18. The van der Waals surface area contributed by atoms with E-state index in [2.05, 4.69) is 0 Å². The average molecular weight is 257 g/mol. The first-order valence-electron chi connectivity index (χ1n) is 5.85. The highest BCUT2D eigenvalue weighted by molar-refractivity contribution is 5.93. The number of methoxy groups -OCH3 is 1. The zero-order chi connectivity index (χ0) is 13.7. The third-order valence-electron chi connectivity index (χ3n) is 2.65. The molecular weight excluding hydrogens is 242 g/mol. The van der Waals surface area contributed by atoms with Gasteiger partial charge in [0, 0.05) is 5.69 Å². The number of esters is 1. The molecule has 0 aliphatic rings. The summed E-state index contributed by atoms with van der Waals surface area (Å²) in [4.78, 5) is 11.6. The molecule has 0 fully saturated rings. The van der Waals surface area contributed by atoms with E-state index in [1.165, 1.54) is 7.11 Å². The Morgan fingerprint density at radius 3 is 2.58 bits per heavy atom. The van der Waals surface area contributed by atoms with Crippen LogP contribution in [0.1, 0.15) is 15.9 Å². The lowest BCUT2D eigenvalue weighted by molar-refractivity contribution is 0.0595. The molecule has 0 aliphatic heterocycles. The summed E-state index contributed by atoms with van der Waals surface area (Å²) < 4.78 is 10.4. The maximum atomic E-state index is 11.6. The number of anilines is 1. The fourth-order valence-electron chi connectivity index (χ4n) is 1.68. The molecule has 0 atom stereocenters. The fraction of sp³-hybridized carbons (Fsp3) is 0.133. The van der Waals surface area contributed by atoms with Gasteiger partial charge in [-0.3, -0.25) is 0 Å². The Morgan fingerprint density at radius 1 is 1.16 bits per heavy atom. The third-order valence-corrected chi connectivity index (χ3v) is 2.65. The van der Waals surface area contributed by atoms with E-state index < -0.39 is 5.97 Å². The Labute approximate surface area is 111 Å². The van der Waals surface area contributed by atoms with Gasteiger partial charge in [0.2, 0.25) is 0 Å². The van der Waals surface area contributed by atoms with Crippen molar-refractivity contribution in [2.45, 2.75) is 6.61 Å². The fourth-order valence-corrected chi connectivity index (χ4v) is 1.68. The minimum Gasteiger partial charge on any atom is -0.488 e. The summed E-state index contributed by atoms with van der Waals surface area (Å²) >= 11 is 0. The van der Waals surface area contributed by atoms with Gasteiger partial charge in [-0.25, -0.2) is 4.79 Å². The monoisotopic (exact) mass is 257 g/mol. The van der Waals surface area contributed by atoms with Gasteiger partial charge in [-0.05, 0) is 23.8 Å². The standard InChI is InChI=1S/C15H15NO3/c1-18-15(17)13-9-12(16)7-8-14(13)19-10-11-5-3-2-4-6-11/h2-9H,10,16H2,1H3. The molecule has 2 rings (SSSR count). The number of nitrogen functional groups attached to an aromatic ring is 1. The normalized spacial score (nSPS) is 9.95. The van der Waals surface area contributed by atoms with Crippen LogP contribution in [0.25, 0.3) is 0 Å². The third kappa shape index (κ3) is 3.25. The van der Waals surface area contributed by atoms with Crippen LogP contribution in [0, 0.1) is 0 Å². The molecule has 2 aromatic rings. The van der Waals surface area contributed by atoms with Crippen molar-refractivity contribution in [3.05, 3.63) is 59.7 Å². The summed E-state index contributed by atoms with van der Waals surface area (Å²) in [7, 11) is 1.33. The minimum absolute atomic E-state index is 0.332. The van der Waals surface area contributed by atoms with Gasteiger partial charge in [0.15, 0.2) is 0 Å². The number of carbonyl (C=O) groups is 1. The summed E-state index contributed by atoms with van der Waals surface area (Å²) in [6.45, 7) is 0.384. The molecule has 0 heterocycles. The van der Waals surface area contributed by atoms with Crippen molar-refractivity contribution in [2.75, 3.05) is 12.8 Å². The van der Waals surface area contributed by atoms with E-state index in [-0.39, 0.29) is 0 Å². The molecule has 98 valence electrons. The second-order valence-corrected chi connectivity index (χ2v) is 4.02. The molecule has 0 saturated carbocycles. The molecule has 2 aromatic carbocycles. The van der Waals surface area contributed by atoms with Crippen LogP contribution in [-0.2, 0) is 11.3 Å². The van der Waals surface area contributed by atoms with Crippen LogP contribution < -0.4 is 10.5 Å². The summed E-state index contributed by atoms with van der Waals surface area (Å²) in [6, 6.07) is 14.6. The van der Waals surface area contributed by atoms with Gasteiger partial charge < -0.3 is 15.2 Å². The lowest BCUT2D eigenvalue weighted by atomic mass is 10.1. The van der Waals surface area contributed by atoms with Gasteiger partial charge in [0.05, 0.1) is 7.11 Å². The smallest absolute Gasteiger partial charge is 0.341 e. The number of rotatable bonds is 4. The first-order valence-corrected chi connectivity index (χ1v) is 5.85. The van der Waals surface area contributed by atoms with Crippen LogP contribution in [0.4, 0.5) is 5.69 Å². The second kappa shape index (κ2) is 5.91. The number of nitrogens with two attached hydrogens (primary N) is 1. The molecule has 0 bridgehead atoms. The predicted molar refractivity (Wildman–Crippen MR) is 73.0 cm³/mol. The van der Waals surface area contributed by atoms with Crippen molar-refractivity contribution in [3.8, 4) is 5.75 Å². The molecule has 2 N–H and O–H groups in total. The highest BCUT2D eigenvalue weighted by Crippen LogP contribution is 2.23. The lowest BCUT2D eigenvalue weighted by Crippen LogP contribution is -2.06. The van der Waals surface area contributed by atoms with Crippen molar-refractivity contribution < 1.29 is 14.3 Å². The maximum absolute atomic E-state index is 11.6. The van der Waals surface area contributed by atoms with Crippen molar-refractivity contribution >= 4 is 11.7 Å². The molecule has 0 amide bonds. The Bertz CT molecular complexity index is 567. The van der Waals surface area contributed by atoms with E-state index in [0.717, 1.165) is 5.56 Å². The number of carbonyl (C=O) groups excluding carboxylic acids is 1. The van der Waals surface area contributed by atoms with Crippen LogP contribution >= 0.6 is 0 Å². The summed E-state index contributed by atoms with van der Waals surface area (Å²) in [5.74, 6) is 0.000245. The van der Waals surface area contributed by atoms with E-state index in [1.54, 1.807) is 18.2 Å². The summed E-state index contributed by atoms with van der Waals surface area (Å²) in [5, 5.41) is 0. The molecule has 0 aromatic heterocycles. The van der Waals surface area contributed by atoms with Crippen molar-refractivity contribution in [3.63, 3.8) is 0 Å². The minimum atomic E-state index is -0.463. The molecular formula is C15H15NO3. The van der Waals surface area contributed by atoms with Crippen molar-refractivity contribution in [1.82, 2.24) is 0 Å². The number of benzene rings is 2. The molecule has 0 unspecified atom stereocenters. The van der Waals surface area contributed by atoms with Crippen LogP contribution in [0.5, 0.6) is 5.75 Å². The quantitative estimate of drug-likeness (QED) is 0.675. The van der Waals surface area contributed by atoms with E-state index in [0.29, 0.717) is 23.6 Å². The first-order chi connectivity index (χ1) is 9.20. The zero-order valence-electron chi connectivity index (χ0n) is 10.6. The van der Waals surface area contributed by atoms with Crippen LogP contribution in [0.3, 0.4) is 0 Å². The molecule has 0 saturated heterocycles. The number of ether oxygens (including phenoxy) is 2. The largest absolute Gasteiger partial charge is 0.488 e. The van der Waals surface area contributed by atoms with Gasteiger partial charge in [0.1, 0.15) is 17.9 Å². The van der Waals surface area contributed by atoms with E-state index in [1.807, 2.05) is 30.3 Å². The van der Waals surface area contributed by atoms with Crippen LogP contribution in [0.15, 0.2) is 48.5 Å². The molecule has 0 radical (unpaired) electrons. The van der Waals surface area contributed by atoms with Crippen molar-refractivity contribution in [2.24, 2.45) is 0 Å². The predicted octanol–water partition coefficient (Wildman–Crippen LogP) is 2.63. The first kappa shape index (κ1) is 13.0. The SMILES string of the molecule is COC(=O)c1cc(N)ccc1OCc1ccccc1. The van der Waals surface area contributed by atoms with Crippen LogP contribution in [0.2, 0.25) is 0 Å². The van der Waals surface area contributed by atoms with Crippen LogP contribution in [-0.4, -0.2) is 13.1 Å². The molecule has 19 heavy (non-hydrogen) atoms. The average Bonchev–Trinajstić information content (AvgIpc) is 2.46. The maximum Gasteiger partial charge on any atom is 0.341 e. The zero-order valence-corrected chi connectivity index (χ0v) is 10.6. The number of hydrogen-bond donors (Lipinski definition) is 1. The number of hydrogen-bond acceptors (Lipinski definition) is 4. The molecule has 4 heteroatoms. The Morgan fingerprint density at radius 2 is 1.89 bits per heavy atom. The van der Waals surface area contributed by atoms with Gasteiger partial charge >= 0.3 is 5.97 Å². The van der Waals surface area contributed by atoms with Gasteiger partial charge in [0.25, 0.3) is 0 Å². The van der Waals surface area contributed by atoms with E-state index in [9.17, 15) is 4.79 Å². The summed E-state index contributed by atoms with van der Waals surface area (Å²) in [6.07, 6.45) is 0. The molecule has 4 nitrogen and oxygen atoms in total. The molecule has 0 spiro atoms. The van der Waals surface area contributed by atoms with E-state index >= 15 is 0 Å². The van der Waals surface area contributed by atoms with E-state index in [4.69, 9.17) is 15.2 Å². The second-order valence-electron chi connectivity index (χ2n) is 4.02. The highest BCUT2D eigenvalue weighted by atomic mass is 16.5. The Kier molecular flexibility index (Phi) is 4.03. The lowest BCUT2D eigenvalue weighted by Gasteiger charge is -2.11. The Hall–Kier alpha value is -2.49. The van der Waals surface area contributed by atoms with Gasteiger partial charge in [-0.2, -0.15) is 0 Å². The highest BCUT2D eigenvalue weighted by Gasteiger charge is 2.13.